The fraction of sp³-hybridized carbons (Fsp3) is 0.238. The van der Waals surface area contributed by atoms with Crippen LogP contribution in [0.5, 0.6) is 0 Å². The third kappa shape index (κ3) is 4.66. The van der Waals surface area contributed by atoms with Gasteiger partial charge in [0.25, 0.3) is 5.91 Å². The predicted octanol–water partition coefficient (Wildman–Crippen LogP) is 2.59. The first-order valence-electron chi connectivity index (χ1n) is 9.45. The number of carbonyl (C=O) groups excluding carboxylic acids is 1. The zero-order chi connectivity index (χ0) is 20.1. The maximum Gasteiger partial charge on any atom is 0.274 e. The van der Waals surface area contributed by atoms with E-state index in [0.717, 1.165) is 11.3 Å². The van der Waals surface area contributed by atoms with Gasteiger partial charge in [0.15, 0.2) is 5.69 Å². The quantitative estimate of drug-likeness (QED) is 0.720. The summed E-state index contributed by atoms with van der Waals surface area (Å²) in [4.78, 5) is 20.7. The molecule has 1 fully saturated rings. The van der Waals surface area contributed by atoms with Crippen molar-refractivity contribution < 1.29 is 9.18 Å². The summed E-state index contributed by atoms with van der Waals surface area (Å²) < 4.78 is 13.1. The fourth-order valence-electron chi connectivity index (χ4n) is 3.22. The van der Waals surface area contributed by atoms with Crippen LogP contribution < -0.4 is 10.2 Å². The first kappa shape index (κ1) is 18.8. The summed E-state index contributed by atoms with van der Waals surface area (Å²) in [7, 11) is 0. The van der Waals surface area contributed by atoms with E-state index in [2.05, 4.69) is 25.4 Å². The van der Waals surface area contributed by atoms with Gasteiger partial charge in [-0.2, -0.15) is 0 Å². The van der Waals surface area contributed by atoms with E-state index in [0.29, 0.717) is 44.2 Å². The van der Waals surface area contributed by atoms with Crippen molar-refractivity contribution in [2.75, 3.05) is 36.4 Å². The summed E-state index contributed by atoms with van der Waals surface area (Å²) >= 11 is 0. The number of piperazine rings is 1. The maximum atomic E-state index is 13.1. The third-order valence-corrected chi connectivity index (χ3v) is 4.84. The van der Waals surface area contributed by atoms with Gasteiger partial charge in [-0.25, -0.2) is 4.39 Å². The van der Waals surface area contributed by atoms with Crippen LogP contribution in [0.2, 0.25) is 0 Å². The standard InChI is InChI=1S/C21H21FN6O/c22-17-3-5-18(6-4-17)27-10-12-28(13-11-27)21(29)19-7-8-20(26-25-19)24-15-16-2-1-9-23-14-16/h1-9,14H,10-13,15H2,(H,24,26). The zero-order valence-electron chi connectivity index (χ0n) is 15.8. The van der Waals surface area contributed by atoms with Crippen LogP contribution in [0.3, 0.4) is 0 Å². The smallest absolute Gasteiger partial charge is 0.274 e. The van der Waals surface area contributed by atoms with Crippen molar-refractivity contribution >= 4 is 17.4 Å². The molecule has 1 saturated heterocycles. The molecule has 0 spiro atoms. The Hall–Kier alpha value is -3.55. The number of aromatic nitrogens is 3. The number of nitrogens with one attached hydrogen (secondary N) is 1. The Labute approximate surface area is 168 Å². The Morgan fingerprint density at radius 1 is 1.00 bits per heavy atom. The van der Waals surface area contributed by atoms with Gasteiger partial charge in [0.1, 0.15) is 11.6 Å². The van der Waals surface area contributed by atoms with Crippen LogP contribution in [0.1, 0.15) is 16.1 Å². The Kier molecular flexibility index (Phi) is 5.60. The van der Waals surface area contributed by atoms with Crippen LogP contribution in [0, 0.1) is 5.82 Å². The molecule has 0 radical (unpaired) electrons. The van der Waals surface area contributed by atoms with Crippen LogP contribution in [-0.2, 0) is 6.54 Å². The minimum atomic E-state index is -0.250. The Bertz CT molecular complexity index is 941. The lowest BCUT2D eigenvalue weighted by Crippen LogP contribution is -2.49. The van der Waals surface area contributed by atoms with Gasteiger partial charge in [-0.1, -0.05) is 6.07 Å². The van der Waals surface area contributed by atoms with Crippen molar-refractivity contribution in [3.63, 3.8) is 0 Å². The third-order valence-electron chi connectivity index (χ3n) is 4.84. The van der Waals surface area contributed by atoms with Gasteiger partial charge in [0.2, 0.25) is 0 Å². The molecule has 1 N–H and O–H groups in total. The average Bonchev–Trinajstić information content (AvgIpc) is 2.79. The highest BCUT2D eigenvalue weighted by molar-refractivity contribution is 5.92. The number of rotatable bonds is 5. The van der Waals surface area contributed by atoms with Gasteiger partial charge in [-0.3, -0.25) is 9.78 Å². The van der Waals surface area contributed by atoms with Crippen LogP contribution in [0.4, 0.5) is 15.9 Å². The van der Waals surface area contributed by atoms with Crippen molar-refractivity contribution in [3.05, 3.63) is 78.0 Å². The Morgan fingerprint density at radius 2 is 1.79 bits per heavy atom. The molecule has 1 aromatic carbocycles. The molecule has 0 aliphatic carbocycles. The predicted molar refractivity (Wildman–Crippen MR) is 108 cm³/mol. The van der Waals surface area contributed by atoms with Crippen molar-refractivity contribution in [1.82, 2.24) is 20.1 Å². The summed E-state index contributed by atoms with van der Waals surface area (Å²) in [6.07, 6.45) is 3.51. The summed E-state index contributed by atoms with van der Waals surface area (Å²) in [5.74, 6) is 0.223. The van der Waals surface area contributed by atoms with Crippen LogP contribution >= 0.6 is 0 Å². The maximum absolute atomic E-state index is 13.1. The number of amides is 1. The van der Waals surface area contributed by atoms with Gasteiger partial charge in [-0.15, -0.1) is 10.2 Å². The topological polar surface area (TPSA) is 74.2 Å². The van der Waals surface area contributed by atoms with Gasteiger partial charge in [0, 0.05) is 50.8 Å². The molecule has 1 aliphatic heterocycles. The van der Waals surface area contributed by atoms with E-state index in [4.69, 9.17) is 0 Å². The van der Waals surface area contributed by atoms with Gasteiger partial charge in [-0.05, 0) is 48.0 Å². The molecule has 0 saturated carbocycles. The highest BCUT2D eigenvalue weighted by Gasteiger charge is 2.23. The molecule has 4 rings (SSSR count). The largest absolute Gasteiger partial charge is 0.368 e. The lowest BCUT2D eigenvalue weighted by Gasteiger charge is -2.35. The highest BCUT2D eigenvalue weighted by Crippen LogP contribution is 2.18. The Balaban J connectivity index is 1.31. The molecular weight excluding hydrogens is 371 g/mol. The van der Waals surface area contributed by atoms with E-state index in [1.54, 1.807) is 41.6 Å². The number of nitrogens with zero attached hydrogens (tertiary/aromatic N) is 5. The summed E-state index contributed by atoms with van der Waals surface area (Å²) in [5.41, 5.74) is 2.32. The Morgan fingerprint density at radius 3 is 2.45 bits per heavy atom. The van der Waals surface area contributed by atoms with Crippen LogP contribution in [-0.4, -0.2) is 52.2 Å². The average molecular weight is 392 g/mol. The summed E-state index contributed by atoms with van der Waals surface area (Å²) in [6.45, 7) is 3.13. The molecule has 0 bridgehead atoms. The number of halogens is 1. The molecule has 148 valence electrons. The molecule has 2 aromatic heterocycles. The monoisotopic (exact) mass is 392 g/mol. The van der Waals surface area contributed by atoms with Crippen LogP contribution in [0.15, 0.2) is 60.9 Å². The first-order chi connectivity index (χ1) is 14.2. The summed E-state index contributed by atoms with van der Waals surface area (Å²) in [6, 6.07) is 13.7. The first-order valence-corrected chi connectivity index (χ1v) is 9.45. The van der Waals surface area contributed by atoms with Crippen molar-refractivity contribution in [3.8, 4) is 0 Å². The fourth-order valence-corrected chi connectivity index (χ4v) is 3.22. The second-order valence-electron chi connectivity index (χ2n) is 6.77. The van der Waals surface area contributed by atoms with E-state index in [9.17, 15) is 9.18 Å². The molecule has 3 aromatic rings. The van der Waals surface area contributed by atoms with E-state index in [1.165, 1.54) is 12.1 Å². The molecule has 3 heterocycles. The van der Waals surface area contributed by atoms with Crippen molar-refractivity contribution in [2.24, 2.45) is 0 Å². The minimum absolute atomic E-state index is 0.130. The van der Waals surface area contributed by atoms with E-state index < -0.39 is 0 Å². The molecular formula is C21H21FN6O. The number of hydrogen-bond acceptors (Lipinski definition) is 6. The van der Waals surface area contributed by atoms with Gasteiger partial charge in [0.05, 0.1) is 0 Å². The molecule has 0 unspecified atom stereocenters. The number of hydrogen-bond donors (Lipinski definition) is 1. The number of anilines is 2. The molecule has 0 atom stereocenters. The number of pyridine rings is 1. The SMILES string of the molecule is O=C(c1ccc(NCc2cccnc2)nn1)N1CCN(c2ccc(F)cc2)CC1. The zero-order valence-corrected chi connectivity index (χ0v) is 15.8. The van der Waals surface area contributed by atoms with E-state index >= 15 is 0 Å². The second-order valence-corrected chi connectivity index (χ2v) is 6.77. The lowest BCUT2D eigenvalue weighted by atomic mass is 10.2. The van der Waals surface area contributed by atoms with Crippen LogP contribution in [0.25, 0.3) is 0 Å². The lowest BCUT2D eigenvalue weighted by molar-refractivity contribution is 0.0739. The summed E-state index contributed by atoms with van der Waals surface area (Å²) in [5, 5.41) is 11.3. The van der Waals surface area contributed by atoms with Gasteiger partial charge >= 0.3 is 0 Å². The van der Waals surface area contributed by atoms with Gasteiger partial charge < -0.3 is 15.1 Å². The van der Waals surface area contributed by atoms with E-state index in [1.807, 2.05) is 12.1 Å². The normalized spacial score (nSPS) is 14.0. The second kappa shape index (κ2) is 8.64. The molecule has 1 amide bonds. The molecule has 8 heteroatoms. The highest BCUT2D eigenvalue weighted by atomic mass is 19.1. The van der Waals surface area contributed by atoms with E-state index in [-0.39, 0.29) is 11.7 Å². The van der Waals surface area contributed by atoms with Crippen molar-refractivity contribution in [1.29, 1.82) is 0 Å². The minimum Gasteiger partial charge on any atom is -0.368 e. The number of benzene rings is 1. The molecule has 7 nitrogen and oxygen atoms in total. The molecule has 1 aliphatic rings. The molecule has 29 heavy (non-hydrogen) atoms. The van der Waals surface area contributed by atoms with Crippen molar-refractivity contribution in [2.45, 2.75) is 6.54 Å². The number of carbonyl (C=O) groups is 1.